The molecule has 5 nitrogen and oxygen atoms in total. The maximum absolute atomic E-state index is 12.9. The highest BCUT2D eigenvalue weighted by Gasteiger charge is 2.33. The number of carbonyl (C=O) groups is 2. The third-order valence-electron chi connectivity index (χ3n) is 5.00. The first kappa shape index (κ1) is 18.1. The Labute approximate surface area is 153 Å². The molecule has 26 heavy (non-hydrogen) atoms. The number of carbonyl (C=O) groups excluding carboxylic acids is 1. The van der Waals surface area contributed by atoms with Gasteiger partial charge in [-0.05, 0) is 30.5 Å². The number of carboxylic acids is 1. The van der Waals surface area contributed by atoms with Gasteiger partial charge in [0.25, 0.3) is 0 Å². The molecular formula is C21H24N2O3. The van der Waals surface area contributed by atoms with Crippen LogP contribution in [0.5, 0.6) is 0 Å². The normalized spacial score (nSPS) is 17.4. The number of likely N-dealkylation sites (tertiary alicyclic amines) is 1. The van der Waals surface area contributed by atoms with Gasteiger partial charge in [-0.25, -0.2) is 0 Å². The molecule has 1 fully saturated rings. The lowest BCUT2D eigenvalue weighted by molar-refractivity contribution is -0.143. The molecule has 136 valence electrons. The van der Waals surface area contributed by atoms with E-state index in [4.69, 9.17) is 0 Å². The van der Waals surface area contributed by atoms with Gasteiger partial charge in [-0.3, -0.25) is 14.5 Å². The molecular weight excluding hydrogens is 328 g/mol. The Bertz CT molecular complexity index is 709. The lowest BCUT2D eigenvalue weighted by Crippen LogP contribution is -2.44. The smallest absolute Gasteiger partial charge is 0.320 e. The SMILES string of the molecule is CN(C(=O)CN1CCCC1C(=O)O)C(c1ccccc1)c1ccccc1. The average Bonchev–Trinajstić information content (AvgIpc) is 3.12. The monoisotopic (exact) mass is 352 g/mol. The van der Waals surface area contributed by atoms with Gasteiger partial charge in [0, 0.05) is 7.05 Å². The lowest BCUT2D eigenvalue weighted by Gasteiger charge is -2.31. The van der Waals surface area contributed by atoms with Gasteiger partial charge in [0.1, 0.15) is 6.04 Å². The van der Waals surface area contributed by atoms with Crippen LogP contribution in [0.1, 0.15) is 30.0 Å². The van der Waals surface area contributed by atoms with Crippen LogP contribution in [-0.2, 0) is 9.59 Å². The molecule has 2 aromatic carbocycles. The van der Waals surface area contributed by atoms with Crippen LogP contribution in [0.25, 0.3) is 0 Å². The molecule has 0 aromatic heterocycles. The van der Waals surface area contributed by atoms with E-state index in [9.17, 15) is 14.7 Å². The number of amides is 1. The first-order valence-corrected chi connectivity index (χ1v) is 8.90. The topological polar surface area (TPSA) is 60.9 Å². The molecule has 1 unspecified atom stereocenters. The van der Waals surface area contributed by atoms with E-state index in [-0.39, 0.29) is 18.5 Å². The molecule has 1 amide bonds. The van der Waals surface area contributed by atoms with E-state index in [0.717, 1.165) is 17.5 Å². The summed E-state index contributed by atoms with van der Waals surface area (Å²) in [5, 5.41) is 9.33. The van der Waals surface area contributed by atoms with E-state index in [1.165, 1.54) is 0 Å². The van der Waals surface area contributed by atoms with Crippen LogP contribution in [0.2, 0.25) is 0 Å². The standard InChI is InChI=1S/C21H24N2O3/c1-22(19(24)15-23-14-8-13-18(23)21(25)26)20(16-9-4-2-5-10-16)17-11-6-3-7-12-17/h2-7,9-12,18,20H,8,13-15H2,1H3,(H,25,26). The molecule has 1 aliphatic rings. The number of hydrogen-bond acceptors (Lipinski definition) is 3. The van der Waals surface area contributed by atoms with Crippen LogP contribution >= 0.6 is 0 Å². The van der Waals surface area contributed by atoms with Gasteiger partial charge in [-0.1, -0.05) is 60.7 Å². The largest absolute Gasteiger partial charge is 0.480 e. The van der Waals surface area contributed by atoms with Crippen molar-refractivity contribution >= 4 is 11.9 Å². The van der Waals surface area contributed by atoms with E-state index in [2.05, 4.69) is 0 Å². The van der Waals surface area contributed by atoms with Gasteiger partial charge in [0.2, 0.25) is 5.91 Å². The summed E-state index contributed by atoms with van der Waals surface area (Å²) in [6.07, 6.45) is 1.42. The van der Waals surface area contributed by atoms with Crippen LogP contribution in [0.4, 0.5) is 0 Å². The second-order valence-electron chi connectivity index (χ2n) is 6.70. The predicted octanol–water partition coefficient (Wildman–Crippen LogP) is 2.78. The van der Waals surface area contributed by atoms with Gasteiger partial charge in [0.05, 0.1) is 12.6 Å². The Morgan fingerprint density at radius 1 is 1.08 bits per heavy atom. The molecule has 2 aromatic rings. The van der Waals surface area contributed by atoms with E-state index in [1.54, 1.807) is 16.8 Å². The van der Waals surface area contributed by atoms with Crippen molar-refractivity contribution in [2.45, 2.75) is 24.9 Å². The molecule has 1 atom stereocenters. The fourth-order valence-corrected chi connectivity index (χ4v) is 3.63. The van der Waals surface area contributed by atoms with Crippen molar-refractivity contribution in [3.63, 3.8) is 0 Å². The summed E-state index contributed by atoms with van der Waals surface area (Å²) in [5.41, 5.74) is 2.07. The molecule has 1 N–H and O–H groups in total. The molecule has 1 saturated heterocycles. The fourth-order valence-electron chi connectivity index (χ4n) is 3.63. The van der Waals surface area contributed by atoms with Gasteiger partial charge in [-0.15, -0.1) is 0 Å². The van der Waals surface area contributed by atoms with Gasteiger partial charge in [0.15, 0.2) is 0 Å². The molecule has 1 heterocycles. The van der Waals surface area contributed by atoms with Crippen molar-refractivity contribution in [1.82, 2.24) is 9.80 Å². The fraction of sp³-hybridized carbons (Fsp3) is 0.333. The third-order valence-corrected chi connectivity index (χ3v) is 5.00. The quantitative estimate of drug-likeness (QED) is 0.868. The van der Waals surface area contributed by atoms with Crippen LogP contribution in [-0.4, -0.2) is 53.0 Å². The Kier molecular flexibility index (Phi) is 5.68. The minimum atomic E-state index is -0.847. The minimum absolute atomic E-state index is 0.0733. The van der Waals surface area contributed by atoms with Crippen LogP contribution in [0.3, 0.4) is 0 Å². The summed E-state index contributed by atoms with van der Waals surface area (Å²) >= 11 is 0. The van der Waals surface area contributed by atoms with Gasteiger partial charge < -0.3 is 10.0 Å². The van der Waals surface area contributed by atoms with Crippen molar-refractivity contribution < 1.29 is 14.7 Å². The van der Waals surface area contributed by atoms with E-state index >= 15 is 0 Å². The highest BCUT2D eigenvalue weighted by Crippen LogP contribution is 2.28. The molecule has 1 aliphatic heterocycles. The second-order valence-corrected chi connectivity index (χ2v) is 6.70. The second kappa shape index (κ2) is 8.15. The highest BCUT2D eigenvalue weighted by atomic mass is 16.4. The highest BCUT2D eigenvalue weighted by molar-refractivity contribution is 5.81. The van der Waals surface area contributed by atoms with Crippen molar-refractivity contribution in [1.29, 1.82) is 0 Å². The Hall–Kier alpha value is -2.66. The molecule has 0 spiro atoms. The molecule has 0 bridgehead atoms. The summed E-state index contributed by atoms with van der Waals surface area (Å²) in [4.78, 5) is 27.8. The first-order valence-electron chi connectivity index (χ1n) is 8.90. The van der Waals surface area contributed by atoms with Crippen LogP contribution in [0, 0.1) is 0 Å². The molecule has 0 saturated carbocycles. The first-order chi connectivity index (χ1) is 12.6. The average molecular weight is 352 g/mol. The predicted molar refractivity (Wildman–Crippen MR) is 99.7 cm³/mol. The summed E-state index contributed by atoms with van der Waals surface area (Å²) in [6.45, 7) is 0.779. The molecule has 3 rings (SSSR count). The molecule has 0 radical (unpaired) electrons. The zero-order valence-electron chi connectivity index (χ0n) is 14.9. The van der Waals surface area contributed by atoms with E-state index in [1.807, 2.05) is 60.7 Å². The van der Waals surface area contributed by atoms with Crippen molar-refractivity contribution in [3.8, 4) is 0 Å². The van der Waals surface area contributed by atoms with Gasteiger partial charge in [-0.2, -0.15) is 0 Å². The Morgan fingerprint density at radius 2 is 1.62 bits per heavy atom. The van der Waals surface area contributed by atoms with Crippen molar-refractivity contribution in [2.75, 3.05) is 20.1 Å². The Balaban J connectivity index is 1.82. The van der Waals surface area contributed by atoms with E-state index < -0.39 is 12.0 Å². The number of benzene rings is 2. The number of aliphatic carboxylic acids is 1. The molecule has 5 heteroatoms. The van der Waals surface area contributed by atoms with E-state index in [0.29, 0.717) is 13.0 Å². The Morgan fingerprint density at radius 3 is 2.12 bits per heavy atom. The van der Waals surface area contributed by atoms with Crippen molar-refractivity contribution in [3.05, 3.63) is 71.8 Å². The summed E-state index contributed by atoms with van der Waals surface area (Å²) in [6, 6.07) is 19.0. The number of hydrogen-bond donors (Lipinski definition) is 1. The number of likely N-dealkylation sites (N-methyl/N-ethyl adjacent to an activating group) is 1. The number of nitrogens with zero attached hydrogens (tertiary/aromatic N) is 2. The van der Waals surface area contributed by atoms with Crippen LogP contribution in [0.15, 0.2) is 60.7 Å². The van der Waals surface area contributed by atoms with Crippen molar-refractivity contribution in [2.24, 2.45) is 0 Å². The zero-order valence-corrected chi connectivity index (χ0v) is 14.9. The zero-order chi connectivity index (χ0) is 18.5. The minimum Gasteiger partial charge on any atom is -0.480 e. The summed E-state index contributed by atoms with van der Waals surface area (Å²) < 4.78 is 0. The van der Waals surface area contributed by atoms with Crippen LogP contribution < -0.4 is 0 Å². The number of carboxylic acid groups (broad SMARTS) is 1. The molecule has 0 aliphatic carbocycles. The maximum atomic E-state index is 12.9. The van der Waals surface area contributed by atoms with Gasteiger partial charge >= 0.3 is 5.97 Å². The lowest BCUT2D eigenvalue weighted by atomic mass is 9.97. The number of rotatable bonds is 6. The third kappa shape index (κ3) is 3.94. The maximum Gasteiger partial charge on any atom is 0.320 e. The summed E-state index contributed by atoms with van der Waals surface area (Å²) in [5.74, 6) is -0.920. The summed E-state index contributed by atoms with van der Waals surface area (Å²) in [7, 11) is 1.79.